The van der Waals surface area contributed by atoms with Crippen LogP contribution in [-0.2, 0) is 9.53 Å². The van der Waals surface area contributed by atoms with Gasteiger partial charge in [0.1, 0.15) is 12.4 Å². The van der Waals surface area contributed by atoms with E-state index in [0.29, 0.717) is 42.1 Å². The number of hydrogen-bond donors (Lipinski definition) is 0. The van der Waals surface area contributed by atoms with Crippen molar-refractivity contribution < 1.29 is 23.9 Å². The molecule has 0 bridgehead atoms. The Kier molecular flexibility index (Phi) is 7.28. The van der Waals surface area contributed by atoms with Gasteiger partial charge in [0.25, 0.3) is 5.91 Å². The van der Waals surface area contributed by atoms with Gasteiger partial charge < -0.3 is 14.4 Å². The Morgan fingerprint density at radius 1 is 1.03 bits per heavy atom. The zero-order chi connectivity index (χ0) is 22.4. The highest BCUT2D eigenvalue weighted by Gasteiger charge is 2.26. The van der Waals surface area contributed by atoms with Crippen LogP contribution in [0, 0.1) is 0 Å². The molecule has 1 fully saturated rings. The van der Waals surface area contributed by atoms with Crippen LogP contribution in [0.4, 0.5) is 5.69 Å². The van der Waals surface area contributed by atoms with E-state index in [1.807, 2.05) is 13.8 Å². The quantitative estimate of drug-likeness (QED) is 0.601. The summed E-state index contributed by atoms with van der Waals surface area (Å²) in [6.07, 6.45) is 1.31. The van der Waals surface area contributed by atoms with Crippen LogP contribution in [0.3, 0.4) is 0 Å². The highest BCUT2D eigenvalue weighted by atomic mass is 16.5. The standard InChI is InChI=1S/C24H28N2O5/c1-4-30-24(29)19-7-11-20(12-8-19)26(16-25-15-5-6-22(25)27)23(28)18-9-13-21(14-10-18)31-17(2)3/h7-14,17H,4-6,15-16H2,1-3H3. The smallest absolute Gasteiger partial charge is 0.338 e. The first kappa shape index (κ1) is 22.3. The zero-order valence-corrected chi connectivity index (χ0v) is 18.2. The molecule has 0 unspecified atom stereocenters. The monoisotopic (exact) mass is 424 g/mol. The molecular formula is C24H28N2O5. The van der Waals surface area contributed by atoms with Crippen molar-refractivity contribution in [1.82, 2.24) is 4.90 Å². The number of benzene rings is 2. The maximum absolute atomic E-state index is 13.4. The van der Waals surface area contributed by atoms with E-state index in [1.165, 1.54) is 0 Å². The molecule has 0 N–H and O–H groups in total. The van der Waals surface area contributed by atoms with Crippen molar-refractivity contribution in [3.63, 3.8) is 0 Å². The summed E-state index contributed by atoms with van der Waals surface area (Å²) in [6, 6.07) is 13.6. The van der Waals surface area contributed by atoms with Crippen molar-refractivity contribution in [3.8, 4) is 5.75 Å². The number of hydrogen-bond acceptors (Lipinski definition) is 5. The van der Waals surface area contributed by atoms with Gasteiger partial charge in [0.15, 0.2) is 0 Å². The molecule has 0 radical (unpaired) electrons. The third-order valence-electron chi connectivity index (χ3n) is 4.89. The fraction of sp³-hybridized carbons (Fsp3) is 0.375. The van der Waals surface area contributed by atoms with Crippen molar-refractivity contribution in [1.29, 1.82) is 0 Å². The first-order valence-corrected chi connectivity index (χ1v) is 10.5. The molecule has 0 saturated carbocycles. The van der Waals surface area contributed by atoms with Crippen molar-refractivity contribution in [2.75, 3.05) is 24.7 Å². The van der Waals surface area contributed by atoms with Gasteiger partial charge in [-0.15, -0.1) is 0 Å². The number of ether oxygens (including phenoxy) is 2. The largest absolute Gasteiger partial charge is 0.491 e. The lowest BCUT2D eigenvalue weighted by Gasteiger charge is -2.28. The highest BCUT2D eigenvalue weighted by molar-refractivity contribution is 6.06. The van der Waals surface area contributed by atoms with E-state index < -0.39 is 5.97 Å². The van der Waals surface area contributed by atoms with Gasteiger partial charge in [-0.05, 0) is 75.7 Å². The minimum absolute atomic E-state index is 0.0293. The molecule has 7 nitrogen and oxygen atoms in total. The molecule has 0 atom stereocenters. The molecule has 3 rings (SSSR count). The lowest BCUT2D eigenvalue weighted by molar-refractivity contribution is -0.127. The van der Waals surface area contributed by atoms with Crippen LogP contribution < -0.4 is 9.64 Å². The molecule has 0 aromatic heterocycles. The second-order valence-electron chi connectivity index (χ2n) is 7.59. The number of nitrogens with zero attached hydrogens (tertiary/aromatic N) is 2. The summed E-state index contributed by atoms with van der Waals surface area (Å²) in [5, 5.41) is 0. The van der Waals surface area contributed by atoms with Gasteiger partial charge in [-0.2, -0.15) is 0 Å². The Labute approximate surface area is 182 Å². The van der Waals surface area contributed by atoms with E-state index in [0.717, 1.165) is 6.42 Å². The molecule has 1 aliphatic heterocycles. The van der Waals surface area contributed by atoms with Crippen LogP contribution in [0.15, 0.2) is 48.5 Å². The molecule has 7 heteroatoms. The fourth-order valence-corrected chi connectivity index (χ4v) is 3.38. The number of carbonyl (C=O) groups excluding carboxylic acids is 3. The second-order valence-corrected chi connectivity index (χ2v) is 7.59. The first-order chi connectivity index (χ1) is 14.9. The van der Waals surface area contributed by atoms with Crippen molar-refractivity contribution in [2.45, 2.75) is 39.7 Å². The van der Waals surface area contributed by atoms with Crippen molar-refractivity contribution in [2.24, 2.45) is 0 Å². The van der Waals surface area contributed by atoms with Crippen LogP contribution in [0.5, 0.6) is 5.75 Å². The van der Waals surface area contributed by atoms with Crippen molar-refractivity contribution in [3.05, 3.63) is 59.7 Å². The number of likely N-dealkylation sites (tertiary alicyclic amines) is 1. The van der Waals surface area contributed by atoms with Gasteiger partial charge in [0.05, 0.1) is 18.3 Å². The number of rotatable bonds is 8. The molecule has 1 saturated heterocycles. The summed E-state index contributed by atoms with van der Waals surface area (Å²) in [5.41, 5.74) is 1.49. The molecule has 0 aliphatic carbocycles. The second kappa shape index (κ2) is 10.1. The van der Waals surface area contributed by atoms with Gasteiger partial charge in [-0.25, -0.2) is 4.79 Å². The van der Waals surface area contributed by atoms with Crippen LogP contribution in [0.1, 0.15) is 54.3 Å². The molecule has 1 heterocycles. The third-order valence-corrected chi connectivity index (χ3v) is 4.89. The van der Waals surface area contributed by atoms with Crippen molar-refractivity contribution >= 4 is 23.5 Å². The van der Waals surface area contributed by atoms with Gasteiger partial charge in [0, 0.05) is 24.2 Å². The molecule has 2 amide bonds. The van der Waals surface area contributed by atoms with Crippen LogP contribution in [-0.4, -0.2) is 48.6 Å². The van der Waals surface area contributed by atoms with Gasteiger partial charge in [-0.3, -0.25) is 14.5 Å². The average molecular weight is 424 g/mol. The first-order valence-electron chi connectivity index (χ1n) is 10.5. The highest BCUT2D eigenvalue weighted by Crippen LogP contribution is 2.23. The van der Waals surface area contributed by atoms with E-state index in [1.54, 1.807) is 65.3 Å². The van der Waals surface area contributed by atoms with E-state index in [-0.39, 0.29) is 24.6 Å². The minimum atomic E-state index is -0.414. The summed E-state index contributed by atoms with van der Waals surface area (Å²) in [7, 11) is 0. The Bertz CT molecular complexity index is 922. The van der Waals surface area contributed by atoms with Crippen LogP contribution in [0.25, 0.3) is 0 Å². The molecule has 31 heavy (non-hydrogen) atoms. The van der Waals surface area contributed by atoms with E-state index in [2.05, 4.69) is 0 Å². The molecule has 2 aromatic rings. The number of amides is 2. The Balaban J connectivity index is 1.86. The fourth-order valence-electron chi connectivity index (χ4n) is 3.38. The summed E-state index contributed by atoms with van der Waals surface area (Å²) in [4.78, 5) is 40.7. The van der Waals surface area contributed by atoms with Gasteiger partial charge >= 0.3 is 5.97 Å². The zero-order valence-electron chi connectivity index (χ0n) is 18.2. The Morgan fingerprint density at radius 2 is 1.68 bits per heavy atom. The molecule has 2 aromatic carbocycles. The lowest BCUT2D eigenvalue weighted by Crippen LogP contribution is -2.42. The number of anilines is 1. The minimum Gasteiger partial charge on any atom is -0.491 e. The van der Waals surface area contributed by atoms with E-state index >= 15 is 0 Å². The lowest BCUT2D eigenvalue weighted by atomic mass is 10.1. The molecule has 164 valence electrons. The Morgan fingerprint density at radius 3 is 2.23 bits per heavy atom. The predicted molar refractivity (Wildman–Crippen MR) is 117 cm³/mol. The predicted octanol–water partition coefficient (Wildman–Crippen LogP) is 3.88. The SMILES string of the molecule is CCOC(=O)c1ccc(N(CN2CCCC2=O)C(=O)c2ccc(OC(C)C)cc2)cc1. The number of carbonyl (C=O) groups is 3. The third kappa shape index (κ3) is 5.63. The molecular weight excluding hydrogens is 396 g/mol. The summed E-state index contributed by atoms with van der Waals surface area (Å²) < 4.78 is 10.7. The molecule has 1 aliphatic rings. The summed E-state index contributed by atoms with van der Waals surface area (Å²) in [6.45, 7) is 6.68. The van der Waals surface area contributed by atoms with Gasteiger partial charge in [-0.1, -0.05) is 0 Å². The van der Waals surface area contributed by atoms with E-state index in [9.17, 15) is 14.4 Å². The maximum Gasteiger partial charge on any atom is 0.338 e. The van der Waals surface area contributed by atoms with Crippen LogP contribution in [0.2, 0.25) is 0 Å². The van der Waals surface area contributed by atoms with Gasteiger partial charge in [0.2, 0.25) is 5.91 Å². The Hall–Kier alpha value is -3.35. The summed E-state index contributed by atoms with van der Waals surface area (Å²) >= 11 is 0. The molecule has 0 spiro atoms. The average Bonchev–Trinajstić information content (AvgIpc) is 3.16. The van der Waals surface area contributed by atoms with E-state index in [4.69, 9.17) is 9.47 Å². The normalized spacial score (nSPS) is 13.4. The maximum atomic E-state index is 13.4. The topological polar surface area (TPSA) is 76.2 Å². The van der Waals surface area contributed by atoms with Crippen LogP contribution >= 0.6 is 0 Å². The number of esters is 1. The summed E-state index contributed by atoms with van der Waals surface area (Å²) in [5.74, 6) is 0.0651.